The van der Waals surface area contributed by atoms with Crippen LogP contribution in [0.25, 0.3) is 55.2 Å². The smallest absolute Gasteiger partial charge is 0.407 e. The van der Waals surface area contributed by atoms with Gasteiger partial charge in [0.25, 0.3) is 0 Å². The first-order valence-electron chi connectivity index (χ1n) is 20.4. The van der Waals surface area contributed by atoms with Crippen LogP contribution in [0.1, 0.15) is 64.3 Å². The average Bonchev–Trinajstić information content (AvgIpc) is 4.07. The molecule has 18 heteroatoms. The number of hydrogen-bond donors (Lipinski definition) is 5. The molecule has 2 aliphatic heterocycles. The number of amides is 4. The number of likely N-dealkylation sites (tertiary alicyclic amines) is 2. The lowest BCUT2D eigenvalue weighted by molar-refractivity contribution is -0.136. The minimum absolute atomic E-state index is 0.00343. The minimum Gasteiger partial charge on any atom is -0.465 e. The van der Waals surface area contributed by atoms with E-state index in [2.05, 4.69) is 30.6 Å². The van der Waals surface area contributed by atoms with Crippen LogP contribution in [0, 0.1) is 11.8 Å². The van der Waals surface area contributed by atoms with Gasteiger partial charge in [0, 0.05) is 24.0 Å². The number of methoxy groups -OCH3 is 1. The molecule has 6 atom stereocenters. The molecular weight excluding hydrogens is 807 g/mol. The van der Waals surface area contributed by atoms with Crippen LogP contribution in [0.4, 0.5) is 18.4 Å². The molecule has 5 N–H and O–H groups in total. The Balaban J connectivity index is 1.07. The monoisotopic (exact) mass is 852 g/mol. The van der Waals surface area contributed by atoms with Gasteiger partial charge < -0.3 is 44.7 Å². The van der Waals surface area contributed by atoms with Crippen LogP contribution in [0.3, 0.4) is 0 Å². The highest BCUT2D eigenvalue weighted by atomic mass is 19.1. The number of alkyl halides is 2. The van der Waals surface area contributed by atoms with Crippen molar-refractivity contribution in [1.29, 1.82) is 0 Å². The number of rotatable bonds is 10. The molecular formula is C44H46F2N8O8. The predicted octanol–water partition coefficient (Wildman–Crippen LogP) is 6.78. The summed E-state index contributed by atoms with van der Waals surface area (Å²) in [5.41, 5.74) is 2.96. The van der Waals surface area contributed by atoms with E-state index in [4.69, 9.17) is 9.15 Å². The molecule has 4 amide bonds. The number of benzene rings is 3. The Morgan fingerprint density at radius 2 is 1.31 bits per heavy atom. The zero-order valence-corrected chi connectivity index (χ0v) is 34.6. The van der Waals surface area contributed by atoms with E-state index in [9.17, 15) is 37.9 Å². The third-order valence-electron chi connectivity index (χ3n) is 11.8. The Hall–Kier alpha value is -6.85. The van der Waals surface area contributed by atoms with E-state index in [1.165, 1.54) is 16.9 Å². The Morgan fingerprint density at radius 3 is 1.85 bits per heavy atom. The van der Waals surface area contributed by atoms with Gasteiger partial charge in [0.2, 0.25) is 17.2 Å². The van der Waals surface area contributed by atoms with Gasteiger partial charge in [-0.2, -0.15) is 0 Å². The lowest BCUT2D eigenvalue weighted by Gasteiger charge is -2.29. The van der Waals surface area contributed by atoms with Crippen molar-refractivity contribution in [3.05, 3.63) is 82.8 Å². The van der Waals surface area contributed by atoms with Crippen LogP contribution in [0.2, 0.25) is 0 Å². The molecule has 3 aromatic heterocycles. The number of fused-ring (bicyclic) bond motifs is 4. The Bertz CT molecular complexity index is 2780. The first-order chi connectivity index (χ1) is 29.6. The van der Waals surface area contributed by atoms with Gasteiger partial charge in [0.15, 0.2) is 0 Å². The summed E-state index contributed by atoms with van der Waals surface area (Å²) in [5.74, 6) is -0.913. The summed E-state index contributed by atoms with van der Waals surface area (Å²) in [7, 11) is 1.20. The van der Waals surface area contributed by atoms with Crippen LogP contribution < -0.4 is 16.1 Å². The van der Waals surface area contributed by atoms with Gasteiger partial charge in [0.05, 0.1) is 66.8 Å². The summed E-state index contributed by atoms with van der Waals surface area (Å²) in [6.07, 6.45) is -1.55. The summed E-state index contributed by atoms with van der Waals surface area (Å²) in [5, 5.41) is 16.2. The Morgan fingerprint density at radius 1 is 0.774 bits per heavy atom. The number of aromatic nitrogens is 4. The molecule has 0 aliphatic carbocycles. The summed E-state index contributed by atoms with van der Waals surface area (Å²) < 4.78 is 40.7. The first kappa shape index (κ1) is 41.9. The highest BCUT2D eigenvalue weighted by Gasteiger charge is 2.43. The number of H-pyrrole nitrogens is 2. The van der Waals surface area contributed by atoms with E-state index >= 15 is 0 Å². The van der Waals surface area contributed by atoms with Crippen LogP contribution in [-0.2, 0) is 14.3 Å². The van der Waals surface area contributed by atoms with E-state index in [-0.39, 0.29) is 43.2 Å². The van der Waals surface area contributed by atoms with Crippen molar-refractivity contribution in [2.45, 2.75) is 77.0 Å². The minimum atomic E-state index is -1.34. The first-order valence-corrected chi connectivity index (χ1v) is 20.4. The lowest BCUT2D eigenvalue weighted by Crippen LogP contribution is -2.51. The second-order valence-electron chi connectivity index (χ2n) is 16.6. The molecule has 324 valence electrons. The summed E-state index contributed by atoms with van der Waals surface area (Å²) in [4.78, 5) is 83.0. The molecule has 0 unspecified atom stereocenters. The van der Waals surface area contributed by atoms with Crippen molar-refractivity contribution in [3.63, 3.8) is 0 Å². The third kappa shape index (κ3) is 7.80. The largest absolute Gasteiger partial charge is 0.465 e. The lowest BCUT2D eigenvalue weighted by atomic mass is 10.00. The SMILES string of the molecule is COC(=O)N[C@H](C(=O)N1C[C@H](F)C[C@H]1c1ncc(-c2ccc3oc4ccc5cc(-c6cnc([C@@H]7C[C@@H](F)CN7C(=O)[C@@H](NC(=O)O)C(C)C)[nH]6)ccc5c4c(=O)c3c2)[nH]1)C(C)C. The molecule has 3 aromatic carbocycles. The number of carbonyl (C=O) groups is 4. The van der Waals surface area contributed by atoms with Crippen LogP contribution >= 0.6 is 0 Å². The topological polar surface area (TPSA) is 216 Å². The quantitative estimate of drug-likeness (QED) is 0.0720. The van der Waals surface area contributed by atoms with E-state index in [1.807, 2.05) is 24.3 Å². The van der Waals surface area contributed by atoms with Gasteiger partial charge in [-0.25, -0.2) is 28.3 Å². The zero-order chi connectivity index (χ0) is 44.1. The van der Waals surface area contributed by atoms with E-state index in [0.29, 0.717) is 55.9 Å². The molecule has 6 aromatic rings. The second-order valence-corrected chi connectivity index (χ2v) is 16.6. The molecule has 0 saturated carbocycles. The maximum absolute atomic E-state index is 14.9. The summed E-state index contributed by atoms with van der Waals surface area (Å²) in [6, 6.07) is 10.8. The fraction of sp³-hybridized carbons (Fsp3) is 0.386. The highest BCUT2D eigenvalue weighted by molar-refractivity contribution is 6.09. The number of aromatic amines is 2. The molecule has 62 heavy (non-hydrogen) atoms. The van der Waals surface area contributed by atoms with Gasteiger partial charge in [-0.05, 0) is 52.9 Å². The number of carbonyl (C=O) groups excluding carboxylic acids is 3. The van der Waals surface area contributed by atoms with Gasteiger partial charge in [-0.3, -0.25) is 14.4 Å². The third-order valence-corrected chi connectivity index (χ3v) is 11.8. The Labute approximate surface area is 353 Å². The van der Waals surface area contributed by atoms with E-state index in [0.717, 1.165) is 10.9 Å². The summed E-state index contributed by atoms with van der Waals surface area (Å²) in [6.45, 7) is 6.62. The molecule has 16 nitrogen and oxygen atoms in total. The van der Waals surface area contributed by atoms with Crippen molar-refractivity contribution in [2.75, 3.05) is 20.2 Å². The number of nitrogens with zero attached hydrogens (tertiary/aromatic N) is 4. The fourth-order valence-corrected chi connectivity index (χ4v) is 8.60. The van der Waals surface area contributed by atoms with Gasteiger partial charge in [-0.1, -0.05) is 45.9 Å². The highest BCUT2D eigenvalue weighted by Crippen LogP contribution is 2.37. The maximum Gasteiger partial charge on any atom is 0.407 e. The number of nitrogens with one attached hydrogen (secondary N) is 4. The number of ether oxygens (including phenoxy) is 1. The van der Waals surface area contributed by atoms with Crippen molar-refractivity contribution in [2.24, 2.45) is 11.8 Å². The molecule has 2 saturated heterocycles. The van der Waals surface area contributed by atoms with Gasteiger partial charge in [-0.15, -0.1) is 0 Å². The van der Waals surface area contributed by atoms with Gasteiger partial charge in [0.1, 0.15) is 47.2 Å². The average molecular weight is 853 g/mol. The van der Waals surface area contributed by atoms with Crippen molar-refractivity contribution in [3.8, 4) is 22.5 Å². The molecule has 0 radical (unpaired) electrons. The number of halogens is 2. The van der Waals surface area contributed by atoms with Crippen LogP contribution in [0.15, 0.2) is 70.1 Å². The number of alkyl carbamates (subject to hydrolysis) is 1. The number of imidazole rings is 2. The Kier molecular flexibility index (Phi) is 11.2. The number of hydrogen-bond acceptors (Lipinski definition) is 9. The van der Waals surface area contributed by atoms with Crippen molar-refractivity contribution >= 4 is 56.7 Å². The standard InChI is InChI=1S/C44H46F2N8O8/c1-20(2)36(51-43(58)59)41(56)53-18-25(45)14-31(53)39-47-16-29(49-39)23-6-9-27-22(12-23)7-11-34-35(27)38(55)28-13-24(8-10-33(28)62-34)30-17-48-40(50-30)32-15-26(46)19-54(32)42(57)37(21(3)4)52-44(60)61-5/h6-13,16-17,20-21,25-26,31-32,36-37,51H,14-15,18-19H2,1-5H3,(H,47,49)(H,48,50)(H,52,60)(H,58,59)/t25-,26-,31+,32+,36+,37+/m1/s1. The zero-order valence-electron chi connectivity index (χ0n) is 34.6. The van der Waals surface area contributed by atoms with Crippen molar-refractivity contribution < 1.29 is 42.2 Å². The maximum atomic E-state index is 14.9. The van der Waals surface area contributed by atoms with Gasteiger partial charge >= 0.3 is 12.2 Å². The summed E-state index contributed by atoms with van der Waals surface area (Å²) >= 11 is 0. The second kappa shape index (κ2) is 16.5. The van der Waals surface area contributed by atoms with E-state index in [1.54, 1.807) is 64.4 Å². The van der Waals surface area contributed by atoms with Crippen molar-refractivity contribution in [1.82, 2.24) is 40.4 Å². The molecule has 2 fully saturated rings. The molecule has 2 aliphatic rings. The normalized spacial score (nSPS) is 20.1. The van der Waals surface area contributed by atoms with E-state index < -0.39 is 60.5 Å². The van der Waals surface area contributed by atoms with Crippen LogP contribution in [-0.4, -0.2) is 103 Å². The molecule has 8 rings (SSSR count). The molecule has 0 bridgehead atoms. The van der Waals surface area contributed by atoms with Crippen LogP contribution in [0.5, 0.6) is 0 Å². The molecule has 0 spiro atoms. The fourth-order valence-electron chi connectivity index (χ4n) is 8.60. The molecule has 5 heterocycles. The number of carboxylic acid groups (broad SMARTS) is 1. The predicted molar refractivity (Wildman–Crippen MR) is 225 cm³/mol.